The summed E-state index contributed by atoms with van der Waals surface area (Å²) in [5.41, 5.74) is 1.87. The molecule has 5 nitrogen and oxygen atoms in total. The molecular weight excluding hydrogens is 274 g/mol. The second-order valence-corrected chi connectivity index (χ2v) is 5.65. The predicted octanol–water partition coefficient (Wildman–Crippen LogP) is 2.80. The van der Waals surface area contributed by atoms with Crippen molar-refractivity contribution in [2.75, 3.05) is 0 Å². The molecule has 2 heterocycles. The summed E-state index contributed by atoms with van der Waals surface area (Å²) >= 11 is 1.69. The van der Waals surface area contributed by atoms with Crippen LogP contribution in [0, 0.1) is 0 Å². The fourth-order valence-corrected chi connectivity index (χ4v) is 2.91. The number of carboxylic acid groups (broad SMARTS) is 1. The van der Waals surface area contributed by atoms with Gasteiger partial charge in [0.05, 0.1) is 29.5 Å². The molecule has 0 aliphatic heterocycles. The van der Waals surface area contributed by atoms with E-state index < -0.39 is 5.97 Å². The molecule has 0 spiro atoms. The van der Waals surface area contributed by atoms with E-state index in [0.717, 1.165) is 16.9 Å². The van der Waals surface area contributed by atoms with Gasteiger partial charge in [-0.15, -0.1) is 11.3 Å². The van der Waals surface area contributed by atoms with Crippen LogP contribution in [-0.2, 0) is 13.0 Å². The maximum absolute atomic E-state index is 10.9. The lowest BCUT2D eigenvalue weighted by Gasteiger charge is -2.01. The highest BCUT2D eigenvalue weighted by atomic mass is 32.1. The van der Waals surface area contributed by atoms with E-state index >= 15 is 0 Å². The van der Waals surface area contributed by atoms with Crippen molar-refractivity contribution in [3.8, 4) is 0 Å². The largest absolute Gasteiger partial charge is 0.478 e. The number of thiazole rings is 1. The standard InChI is InChI=1S/C14H13N3O2S/c1-2-10-6-15-13(20-10)7-17-8-16-11-5-9(14(18)19)3-4-12(11)17/h3-6,8H,2,7H2,1H3,(H,18,19). The number of aromatic nitrogens is 3. The van der Waals surface area contributed by atoms with Crippen LogP contribution in [0.2, 0.25) is 0 Å². The third-order valence-corrected chi connectivity index (χ3v) is 4.25. The molecule has 1 N–H and O–H groups in total. The maximum Gasteiger partial charge on any atom is 0.335 e. The molecule has 0 saturated carbocycles. The molecule has 1 aromatic carbocycles. The smallest absolute Gasteiger partial charge is 0.335 e. The minimum Gasteiger partial charge on any atom is -0.478 e. The highest BCUT2D eigenvalue weighted by Gasteiger charge is 2.09. The topological polar surface area (TPSA) is 68.0 Å². The van der Waals surface area contributed by atoms with Gasteiger partial charge in [-0.1, -0.05) is 6.92 Å². The van der Waals surface area contributed by atoms with E-state index in [-0.39, 0.29) is 5.56 Å². The summed E-state index contributed by atoms with van der Waals surface area (Å²) in [4.78, 5) is 20.8. The van der Waals surface area contributed by atoms with E-state index in [2.05, 4.69) is 16.9 Å². The van der Waals surface area contributed by atoms with Crippen LogP contribution in [0.3, 0.4) is 0 Å². The van der Waals surface area contributed by atoms with Gasteiger partial charge in [0.15, 0.2) is 0 Å². The minimum absolute atomic E-state index is 0.255. The fraction of sp³-hybridized carbons (Fsp3) is 0.214. The SMILES string of the molecule is CCc1cnc(Cn2cnc3cc(C(=O)O)ccc32)s1. The van der Waals surface area contributed by atoms with E-state index in [1.165, 1.54) is 4.88 Å². The Kier molecular flexibility index (Phi) is 3.23. The van der Waals surface area contributed by atoms with Crippen molar-refractivity contribution < 1.29 is 9.90 Å². The number of aryl methyl sites for hydroxylation is 1. The summed E-state index contributed by atoms with van der Waals surface area (Å²) in [6.45, 7) is 2.77. The molecule has 0 radical (unpaired) electrons. The molecule has 6 heteroatoms. The van der Waals surface area contributed by atoms with Crippen molar-refractivity contribution in [3.63, 3.8) is 0 Å². The number of carboxylic acids is 1. The van der Waals surface area contributed by atoms with Crippen molar-refractivity contribution in [1.29, 1.82) is 0 Å². The molecule has 0 bridgehead atoms. The van der Waals surface area contributed by atoms with Gasteiger partial charge in [-0.25, -0.2) is 14.8 Å². The van der Waals surface area contributed by atoms with Crippen molar-refractivity contribution >= 4 is 28.3 Å². The van der Waals surface area contributed by atoms with E-state index in [9.17, 15) is 4.79 Å². The van der Waals surface area contributed by atoms with Crippen molar-refractivity contribution in [2.24, 2.45) is 0 Å². The van der Waals surface area contributed by atoms with Gasteiger partial charge in [0, 0.05) is 11.1 Å². The highest BCUT2D eigenvalue weighted by Crippen LogP contribution is 2.19. The highest BCUT2D eigenvalue weighted by molar-refractivity contribution is 7.11. The zero-order valence-electron chi connectivity index (χ0n) is 10.9. The molecule has 0 atom stereocenters. The third kappa shape index (κ3) is 2.30. The molecule has 0 fully saturated rings. The zero-order valence-corrected chi connectivity index (χ0v) is 11.7. The monoisotopic (exact) mass is 287 g/mol. The number of rotatable bonds is 4. The summed E-state index contributed by atoms with van der Waals surface area (Å²) in [7, 11) is 0. The van der Waals surface area contributed by atoms with Crippen LogP contribution < -0.4 is 0 Å². The molecule has 102 valence electrons. The lowest BCUT2D eigenvalue weighted by Crippen LogP contribution is -1.98. The lowest BCUT2D eigenvalue weighted by molar-refractivity contribution is 0.0697. The molecule has 3 aromatic rings. The molecule has 0 aliphatic rings. The molecule has 0 aliphatic carbocycles. The normalized spacial score (nSPS) is 11.1. The van der Waals surface area contributed by atoms with E-state index in [0.29, 0.717) is 12.1 Å². The molecule has 0 amide bonds. The van der Waals surface area contributed by atoms with Crippen LogP contribution in [0.1, 0.15) is 27.2 Å². The number of imidazole rings is 1. The number of carbonyl (C=O) groups is 1. The Balaban J connectivity index is 1.94. The molecule has 3 rings (SSSR count). The minimum atomic E-state index is -0.936. The maximum atomic E-state index is 10.9. The Morgan fingerprint density at radius 3 is 2.95 bits per heavy atom. The van der Waals surface area contributed by atoms with E-state index in [1.54, 1.807) is 35.9 Å². The van der Waals surface area contributed by atoms with Crippen LogP contribution in [0.5, 0.6) is 0 Å². The number of hydrogen-bond donors (Lipinski definition) is 1. The molecule has 20 heavy (non-hydrogen) atoms. The second-order valence-electron chi connectivity index (χ2n) is 4.45. The third-order valence-electron chi connectivity index (χ3n) is 3.12. The first kappa shape index (κ1) is 12.8. The van der Waals surface area contributed by atoms with Gasteiger partial charge in [0.25, 0.3) is 0 Å². The Labute approximate surface area is 119 Å². The van der Waals surface area contributed by atoms with Crippen LogP contribution in [0.25, 0.3) is 11.0 Å². The summed E-state index contributed by atoms with van der Waals surface area (Å²) in [5.74, 6) is -0.936. The Bertz CT molecular complexity index is 776. The van der Waals surface area contributed by atoms with Crippen molar-refractivity contribution in [1.82, 2.24) is 14.5 Å². The van der Waals surface area contributed by atoms with Gasteiger partial charge in [-0.3, -0.25) is 0 Å². The van der Waals surface area contributed by atoms with E-state index in [1.807, 2.05) is 10.8 Å². The van der Waals surface area contributed by atoms with Crippen LogP contribution >= 0.6 is 11.3 Å². The number of benzene rings is 1. The fourth-order valence-electron chi connectivity index (χ4n) is 2.05. The first-order valence-electron chi connectivity index (χ1n) is 6.29. The lowest BCUT2D eigenvalue weighted by atomic mass is 10.2. The van der Waals surface area contributed by atoms with Crippen LogP contribution in [0.4, 0.5) is 0 Å². The zero-order chi connectivity index (χ0) is 14.1. The van der Waals surface area contributed by atoms with Gasteiger partial charge >= 0.3 is 5.97 Å². The van der Waals surface area contributed by atoms with Gasteiger partial charge in [-0.2, -0.15) is 0 Å². The molecule has 0 unspecified atom stereocenters. The number of hydrogen-bond acceptors (Lipinski definition) is 4. The Morgan fingerprint density at radius 1 is 1.40 bits per heavy atom. The van der Waals surface area contributed by atoms with Gasteiger partial charge < -0.3 is 9.67 Å². The Morgan fingerprint density at radius 2 is 2.25 bits per heavy atom. The number of nitrogens with zero attached hydrogens (tertiary/aromatic N) is 3. The van der Waals surface area contributed by atoms with Gasteiger partial charge in [0.1, 0.15) is 5.01 Å². The summed E-state index contributed by atoms with van der Waals surface area (Å²) in [5, 5.41) is 10.0. The average Bonchev–Trinajstić information content (AvgIpc) is 3.06. The second kappa shape index (κ2) is 5.05. The van der Waals surface area contributed by atoms with Crippen molar-refractivity contribution in [3.05, 3.63) is 46.2 Å². The quantitative estimate of drug-likeness (QED) is 0.801. The molecule has 2 aromatic heterocycles. The van der Waals surface area contributed by atoms with Crippen molar-refractivity contribution in [2.45, 2.75) is 19.9 Å². The molecular formula is C14H13N3O2S. The molecule has 0 saturated heterocycles. The van der Waals surface area contributed by atoms with E-state index in [4.69, 9.17) is 5.11 Å². The first-order chi connectivity index (χ1) is 9.67. The summed E-state index contributed by atoms with van der Waals surface area (Å²) in [6.07, 6.45) is 4.62. The summed E-state index contributed by atoms with van der Waals surface area (Å²) < 4.78 is 1.99. The number of aromatic carboxylic acids is 1. The van der Waals surface area contributed by atoms with Gasteiger partial charge in [0.2, 0.25) is 0 Å². The Hall–Kier alpha value is -2.21. The first-order valence-corrected chi connectivity index (χ1v) is 7.11. The predicted molar refractivity (Wildman–Crippen MR) is 77.3 cm³/mol. The van der Waals surface area contributed by atoms with Crippen LogP contribution in [0.15, 0.2) is 30.7 Å². The van der Waals surface area contributed by atoms with Gasteiger partial charge in [-0.05, 0) is 24.6 Å². The number of fused-ring (bicyclic) bond motifs is 1. The van der Waals surface area contributed by atoms with Crippen LogP contribution in [-0.4, -0.2) is 25.6 Å². The average molecular weight is 287 g/mol. The summed E-state index contributed by atoms with van der Waals surface area (Å²) in [6, 6.07) is 4.98.